The monoisotopic (exact) mass is 283 g/mol. The van der Waals surface area contributed by atoms with Gasteiger partial charge >= 0.3 is 0 Å². The lowest BCUT2D eigenvalue weighted by Crippen LogP contribution is -2.51. The Bertz CT molecular complexity index is 432. The molecule has 1 aliphatic carbocycles. The van der Waals surface area contributed by atoms with Crippen LogP contribution in [0.1, 0.15) is 38.2 Å². The van der Waals surface area contributed by atoms with Crippen LogP contribution in [-0.4, -0.2) is 19.4 Å². The number of hydrogen-bond acceptors (Lipinski definition) is 3. The largest absolute Gasteiger partial charge is 0.496 e. The molecule has 1 aliphatic rings. The van der Waals surface area contributed by atoms with Crippen molar-refractivity contribution < 1.29 is 9.53 Å². The fraction of sp³-hybridized carbons (Fsp3) is 0.533. The summed E-state index contributed by atoms with van der Waals surface area (Å²) in [5.41, 5.74) is 0.443. The molecule has 1 aromatic rings. The minimum Gasteiger partial charge on any atom is -0.496 e. The van der Waals surface area contributed by atoms with Gasteiger partial charge in [0.15, 0.2) is 5.78 Å². The number of benzene rings is 1. The third-order valence-electron chi connectivity index (χ3n) is 3.73. The van der Waals surface area contributed by atoms with Crippen molar-refractivity contribution in [1.29, 1.82) is 0 Å². The van der Waals surface area contributed by atoms with Crippen LogP contribution in [0.2, 0.25) is 0 Å². The van der Waals surface area contributed by atoms with Crippen LogP contribution in [-0.2, 0) is 10.3 Å². The minimum atomic E-state index is -0.542. The number of para-hydroxylation sites is 1. The zero-order chi connectivity index (χ0) is 13.0. The van der Waals surface area contributed by atoms with Crippen molar-refractivity contribution in [3.05, 3.63) is 29.8 Å². The van der Waals surface area contributed by atoms with Gasteiger partial charge in [0.05, 0.1) is 7.11 Å². The quantitative estimate of drug-likeness (QED) is 0.923. The van der Waals surface area contributed by atoms with E-state index in [4.69, 9.17) is 4.74 Å². The molecule has 1 aromatic carbocycles. The van der Waals surface area contributed by atoms with E-state index in [0.717, 1.165) is 37.1 Å². The van der Waals surface area contributed by atoms with Gasteiger partial charge in [0.2, 0.25) is 0 Å². The molecule has 0 heterocycles. The fourth-order valence-corrected chi connectivity index (χ4v) is 2.89. The third-order valence-corrected chi connectivity index (χ3v) is 3.73. The molecule has 3 nitrogen and oxygen atoms in total. The Morgan fingerprint density at radius 3 is 2.68 bits per heavy atom. The smallest absolute Gasteiger partial charge is 0.157 e. The summed E-state index contributed by atoms with van der Waals surface area (Å²) in [6.07, 6.45) is 3.60. The number of carbonyl (C=O) groups is 1. The lowest BCUT2D eigenvalue weighted by Gasteiger charge is -2.37. The molecule has 0 aliphatic heterocycles. The molecular formula is C15H22ClNO2. The van der Waals surface area contributed by atoms with E-state index >= 15 is 0 Å². The van der Waals surface area contributed by atoms with E-state index in [2.05, 4.69) is 5.32 Å². The molecule has 1 atom stereocenters. The van der Waals surface area contributed by atoms with Gasteiger partial charge < -0.3 is 10.1 Å². The van der Waals surface area contributed by atoms with Crippen molar-refractivity contribution in [1.82, 2.24) is 5.32 Å². The first-order chi connectivity index (χ1) is 8.74. The summed E-state index contributed by atoms with van der Waals surface area (Å²) >= 11 is 0. The van der Waals surface area contributed by atoms with Gasteiger partial charge in [0.1, 0.15) is 11.3 Å². The number of hydrogen-bond donors (Lipinski definition) is 1. The SMILES string of the molecule is CCNC1(c2ccccc2OC)CCCCC1=O.Cl. The van der Waals surface area contributed by atoms with Crippen molar-refractivity contribution in [2.45, 2.75) is 38.1 Å². The van der Waals surface area contributed by atoms with E-state index in [1.807, 2.05) is 31.2 Å². The van der Waals surface area contributed by atoms with Gasteiger partial charge in [0, 0.05) is 12.0 Å². The van der Waals surface area contributed by atoms with Crippen molar-refractivity contribution in [2.24, 2.45) is 0 Å². The molecule has 1 unspecified atom stereocenters. The first-order valence-corrected chi connectivity index (χ1v) is 6.66. The summed E-state index contributed by atoms with van der Waals surface area (Å²) in [4.78, 5) is 12.5. The molecule has 1 saturated carbocycles. The van der Waals surface area contributed by atoms with Crippen LogP contribution in [0.15, 0.2) is 24.3 Å². The maximum Gasteiger partial charge on any atom is 0.157 e. The molecule has 0 radical (unpaired) electrons. The third kappa shape index (κ3) is 2.93. The predicted octanol–water partition coefficient (Wildman–Crippen LogP) is 3.06. The van der Waals surface area contributed by atoms with Gasteiger partial charge in [0.25, 0.3) is 0 Å². The number of likely N-dealkylation sites (N-methyl/N-ethyl adjacent to an activating group) is 1. The number of Topliss-reactive ketones (excluding diaryl/α,β-unsaturated/α-hetero) is 1. The van der Waals surface area contributed by atoms with Crippen LogP contribution >= 0.6 is 12.4 Å². The number of rotatable bonds is 4. The molecule has 0 aromatic heterocycles. The summed E-state index contributed by atoms with van der Waals surface area (Å²) < 4.78 is 5.43. The van der Waals surface area contributed by atoms with Crippen molar-refractivity contribution in [3.8, 4) is 5.75 Å². The standard InChI is InChI=1S/C15H21NO2.ClH/c1-3-16-15(11-7-6-10-14(15)17)12-8-4-5-9-13(12)18-2;/h4-5,8-9,16H,3,6-7,10-11H2,1-2H3;1H. The van der Waals surface area contributed by atoms with Crippen LogP contribution in [0.4, 0.5) is 0 Å². The first-order valence-electron chi connectivity index (χ1n) is 6.66. The molecule has 106 valence electrons. The fourth-order valence-electron chi connectivity index (χ4n) is 2.89. The van der Waals surface area contributed by atoms with Crippen LogP contribution in [0.25, 0.3) is 0 Å². The highest BCUT2D eigenvalue weighted by atomic mass is 35.5. The van der Waals surface area contributed by atoms with Crippen molar-refractivity contribution in [3.63, 3.8) is 0 Å². The van der Waals surface area contributed by atoms with E-state index in [0.29, 0.717) is 12.2 Å². The summed E-state index contributed by atoms with van der Waals surface area (Å²) in [7, 11) is 1.66. The van der Waals surface area contributed by atoms with Gasteiger partial charge in [-0.05, 0) is 25.5 Å². The highest BCUT2D eigenvalue weighted by molar-refractivity contribution is 5.91. The second kappa shape index (κ2) is 6.92. The summed E-state index contributed by atoms with van der Waals surface area (Å²) in [5, 5.41) is 3.41. The van der Waals surface area contributed by atoms with Gasteiger partial charge in [-0.15, -0.1) is 12.4 Å². The zero-order valence-corrected chi connectivity index (χ0v) is 12.4. The Morgan fingerprint density at radius 1 is 1.32 bits per heavy atom. The summed E-state index contributed by atoms with van der Waals surface area (Å²) in [6, 6.07) is 7.84. The van der Waals surface area contributed by atoms with Crippen LogP contribution in [0.3, 0.4) is 0 Å². The molecule has 2 rings (SSSR count). The highest BCUT2D eigenvalue weighted by Gasteiger charge is 2.42. The lowest BCUT2D eigenvalue weighted by atomic mass is 9.75. The van der Waals surface area contributed by atoms with Gasteiger partial charge in [-0.1, -0.05) is 31.5 Å². The van der Waals surface area contributed by atoms with Gasteiger partial charge in [-0.3, -0.25) is 4.79 Å². The first kappa shape index (κ1) is 16.0. The molecule has 0 amide bonds. The number of halogens is 1. The van der Waals surface area contributed by atoms with Crippen molar-refractivity contribution in [2.75, 3.05) is 13.7 Å². The maximum atomic E-state index is 12.5. The van der Waals surface area contributed by atoms with Gasteiger partial charge in [-0.25, -0.2) is 0 Å². The second-order valence-corrected chi connectivity index (χ2v) is 4.77. The highest BCUT2D eigenvalue weighted by Crippen LogP contribution is 2.38. The van der Waals surface area contributed by atoms with Crippen LogP contribution in [0.5, 0.6) is 5.75 Å². The number of ketones is 1. The lowest BCUT2D eigenvalue weighted by molar-refractivity contribution is -0.128. The summed E-state index contributed by atoms with van der Waals surface area (Å²) in [5.74, 6) is 1.09. The normalized spacial score (nSPS) is 22.7. The Morgan fingerprint density at radius 2 is 2.05 bits per heavy atom. The van der Waals surface area contributed by atoms with Crippen LogP contribution < -0.4 is 10.1 Å². The Balaban J connectivity index is 0.00000180. The molecule has 0 bridgehead atoms. The zero-order valence-electron chi connectivity index (χ0n) is 11.6. The van der Waals surface area contributed by atoms with Crippen LogP contribution in [0, 0.1) is 0 Å². The molecule has 1 N–H and O–H groups in total. The molecule has 1 fully saturated rings. The van der Waals surface area contributed by atoms with Crippen molar-refractivity contribution >= 4 is 18.2 Å². The molecule has 0 spiro atoms. The average Bonchev–Trinajstić information content (AvgIpc) is 2.42. The van der Waals surface area contributed by atoms with E-state index < -0.39 is 5.54 Å². The van der Waals surface area contributed by atoms with E-state index in [1.54, 1.807) is 7.11 Å². The van der Waals surface area contributed by atoms with E-state index in [-0.39, 0.29) is 12.4 Å². The Kier molecular flexibility index (Phi) is 5.83. The Hall–Kier alpha value is -1.06. The maximum absolute atomic E-state index is 12.5. The summed E-state index contributed by atoms with van der Waals surface area (Å²) in [6.45, 7) is 2.82. The number of ether oxygens (including phenoxy) is 1. The molecule has 4 heteroatoms. The number of carbonyl (C=O) groups excluding carboxylic acids is 1. The van der Waals surface area contributed by atoms with Gasteiger partial charge in [-0.2, -0.15) is 0 Å². The minimum absolute atomic E-state index is 0. The second-order valence-electron chi connectivity index (χ2n) is 4.77. The predicted molar refractivity (Wildman–Crippen MR) is 79.1 cm³/mol. The number of nitrogens with one attached hydrogen (secondary N) is 1. The average molecular weight is 284 g/mol. The number of methoxy groups -OCH3 is 1. The van der Waals surface area contributed by atoms with E-state index in [9.17, 15) is 4.79 Å². The Labute approximate surface area is 121 Å². The molecular weight excluding hydrogens is 262 g/mol. The topological polar surface area (TPSA) is 38.3 Å². The van der Waals surface area contributed by atoms with E-state index in [1.165, 1.54) is 0 Å². The molecule has 19 heavy (non-hydrogen) atoms. The molecule has 0 saturated heterocycles.